The number of nitrogens with one attached hydrogen (secondary N) is 1. The molecule has 1 saturated heterocycles. The molecule has 5 nitrogen and oxygen atoms in total. The van der Waals surface area contributed by atoms with Crippen molar-refractivity contribution in [3.8, 4) is 0 Å². The van der Waals surface area contributed by atoms with Gasteiger partial charge in [-0.15, -0.1) is 0 Å². The van der Waals surface area contributed by atoms with Crippen molar-refractivity contribution in [3.05, 3.63) is 23.8 Å². The van der Waals surface area contributed by atoms with Crippen LogP contribution in [0, 0.1) is 5.92 Å². The Hall–Kier alpha value is -1.75. The molecule has 1 heterocycles. The molecule has 0 bridgehead atoms. The number of carboxylic acid groups (broad SMARTS) is 1. The van der Waals surface area contributed by atoms with Gasteiger partial charge in [-0.05, 0) is 37.6 Å². The number of rotatable bonds is 5. The topological polar surface area (TPSA) is 78.6 Å². The Kier molecular flexibility index (Phi) is 4.27. The van der Waals surface area contributed by atoms with Crippen LogP contribution in [0.2, 0.25) is 0 Å². The summed E-state index contributed by atoms with van der Waals surface area (Å²) < 4.78 is 0. The van der Waals surface area contributed by atoms with Crippen LogP contribution >= 0.6 is 0 Å². The zero-order valence-corrected chi connectivity index (χ0v) is 11.2. The van der Waals surface area contributed by atoms with Crippen molar-refractivity contribution >= 4 is 17.3 Å². The van der Waals surface area contributed by atoms with E-state index in [0.717, 1.165) is 31.9 Å². The number of hydrogen-bond acceptors (Lipinski definition) is 4. The number of hydrogen-bond donors (Lipinski definition) is 3. The molecule has 1 aromatic rings. The van der Waals surface area contributed by atoms with Crippen LogP contribution in [0.4, 0.5) is 11.4 Å². The van der Waals surface area contributed by atoms with E-state index in [0.29, 0.717) is 11.6 Å². The van der Waals surface area contributed by atoms with Gasteiger partial charge in [0.1, 0.15) is 0 Å². The quantitative estimate of drug-likeness (QED) is 0.705. The van der Waals surface area contributed by atoms with Gasteiger partial charge < -0.3 is 21.1 Å². The number of nitrogens with two attached hydrogens (primary N) is 1. The average Bonchev–Trinajstić information content (AvgIpc) is 2.85. The maximum Gasteiger partial charge on any atom is 0.337 e. The molecule has 1 atom stereocenters. The maximum atomic E-state index is 11.0. The third-order valence-electron chi connectivity index (χ3n) is 3.73. The molecule has 4 N–H and O–H groups in total. The number of nitrogens with zero attached hydrogens (tertiary/aromatic N) is 1. The first-order valence-corrected chi connectivity index (χ1v) is 6.69. The summed E-state index contributed by atoms with van der Waals surface area (Å²) in [4.78, 5) is 13.4. The van der Waals surface area contributed by atoms with Crippen LogP contribution in [0.1, 0.15) is 23.7 Å². The number of likely N-dealkylation sites (tertiary alicyclic amines) is 1. The van der Waals surface area contributed by atoms with Crippen LogP contribution in [0.5, 0.6) is 0 Å². The van der Waals surface area contributed by atoms with E-state index in [9.17, 15) is 4.79 Å². The van der Waals surface area contributed by atoms with Crippen LogP contribution in [0.3, 0.4) is 0 Å². The molecule has 0 aromatic heterocycles. The molecule has 1 aliphatic heterocycles. The van der Waals surface area contributed by atoms with E-state index in [1.54, 1.807) is 6.07 Å². The molecule has 0 amide bonds. The Morgan fingerprint density at radius 1 is 1.58 bits per heavy atom. The molecule has 2 rings (SSSR count). The van der Waals surface area contributed by atoms with E-state index in [4.69, 9.17) is 10.8 Å². The predicted octanol–water partition coefficient (Wildman–Crippen LogP) is 1.72. The molecule has 0 aliphatic carbocycles. The molecule has 104 valence electrons. The summed E-state index contributed by atoms with van der Waals surface area (Å²) in [6.45, 7) is 6.34. The Morgan fingerprint density at radius 3 is 3.00 bits per heavy atom. The van der Waals surface area contributed by atoms with Gasteiger partial charge in [0.05, 0.1) is 16.9 Å². The van der Waals surface area contributed by atoms with Crippen molar-refractivity contribution in [2.75, 3.05) is 37.2 Å². The van der Waals surface area contributed by atoms with Crippen LogP contribution in [-0.4, -0.2) is 42.2 Å². The third-order valence-corrected chi connectivity index (χ3v) is 3.73. The van der Waals surface area contributed by atoms with Gasteiger partial charge in [0, 0.05) is 13.1 Å². The normalized spacial score (nSPS) is 19.5. The Morgan fingerprint density at radius 2 is 2.37 bits per heavy atom. The molecule has 1 aliphatic rings. The van der Waals surface area contributed by atoms with Crippen molar-refractivity contribution in [1.82, 2.24) is 4.90 Å². The lowest BCUT2D eigenvalue weighted by Crippen LogP contribution is -2.22. The van der Waals surface area contributed by atoms with Gasteiger partial charge in [-0.3, -0.25) is 0 Å². The highest BCUT2D eigenvalue weighted by atomic mass is 16.4. The zero-order chi connectivity index (χ0) is 13.8. The first-order valence-electron chi connectivity index (χ1n) is 6.69. The van der Waals surface area contributed by atoms with E-state index >= 15 is 0 Å². The van der Waals surface area contributed by atoms with Crippen LogP contribution in [-0.2, 0) is 0 Å². The Bertz CT molecular complexity index is 462. The predicted molar refractivity (Wildman–Crippen MR) is 76.5 cm³/mol. The number of para-hydroxylation sites is 1. The second-order valence-corrected chi connectivity index (χ2v) is 5.00. The summed E-state index contributed by atoms with van der Waals surface area (Å²) in [5.41, 5.74) is 7.06. The molecule has 0 saturated carbocycles. The summed E-state index contributed by atoms with van der Waals surface area (Å²) in [7, 11) is 0. The van der Waals surface area contributed by atoms with Crippen molar-refractivity contribution < 1.29 is 9.90 Å². The highest BCUT2D eigenvalue weighted by Crippen LogP contribution is 2.24. The van der Waals surface area contributed by atoms with Gasteiger partial charge in [-0.2, -0.15) is 0 Å². The number of carboxylic acids is 1. The first-order chi connectivity index (χ1) is 9.11. The van der Waals surface area contributed by atoms with Crippen molar-refractivity contribution in [2.45, 2.75) is 13.3 Å². The lowest BCUT2D eigenvalue weighted by Gasteiger charge is -2.16. The summed E-state index contributed by atoms with van der Waals surface area (Å²) >= 11 is 0. The summed E-state index contributed by atoms with van der Waals surface area (Å²) in [6, 6.07) is 5.07. The summed E-state index contributed by atoms with van der Waals surface area (Å²) in [5, 5.41) is 12.3. The lowest BCUT2D eigenvalue weighted by molar-refractivity contribution is 0.0698. The van der Waals surface area contributed by atoms with Gasteiger partial charge in [0.2, 0.25) is 0 Å². The molecule has 0 spiro atoms. The van der Waals surface area contributed by atoms with E-state index in [1.165, 1.54) is 12.5 Å². The average molecular weight is 263 g/mol. The van der Waals surface area contributed by atoms with E-state index < -0.39 is 5.97 Å². The fourth-order valence-electron chi connectivity index (χ4n) is 2.53. The van der Waals surface area contributed by atoms with Crippen molar-refractivity contribution in [3.63, 3.8) is 0 Å². The molecule has 19 heavy (non-hydrogen) atoms. The smallest absolute Gasteiger partial charge is 0.337 e. The number of aromatic carboxylic acids is 1. The maximum absolute atomic E-state index is 11.0. The molecule has 1 unspecified atom stereocenters. The summed E-state index contributed by atoms with van der Waals surface area (Å²) in [6.07, 6.45) is 1.18. The highest BCUT2D eigenvalue weighted by Gasteiger charge is 2.21. The Balaban J connectivity index is 1.97. The van der Waals surface area contributed by atoms with Gasteiger partial charge in [0.25, 0.3) is 0 Å². The SMILES string of the molecule is CCN1CCC(CNc2cccc(C(=O)O)c2N)C1. The largest absolute Gasteiger partial charge is 0.478 e. The molecule has 1 aromatic carbocycles. The molecular weight excluding hydrogens is 242 g/mol. The van der Waals surface area contributed by atoms with Gasteiger partial charge >= 0.3 is 5.97 Å². The second kappa shape index (κ2) is 5.93. The number of anilines is 2. The van der Waals surface area contributed by atoms with Gasteiger partial charge in [0.15, 0.2) is 0 Å². The van der Waals surface area contributed by atoms with E-state index in [1.807, 2.05) is 6.07 Å². The van der Waals surface area contributed by atoms with Crippen LogP contribution in [0.25, 0.3) is 0 Å². The standard InChI is InChI=1S/C14H21N3O2/c1-2-17-7-6-10(9-17)8-16-12-5-3-4-11(13(12)15)14(18)19/h3-5,10,16H,2,6-9,15H2,1H3,(H,18,19). The summed E-state index contributed by atoms with van der Waals surface area (Å²) in [5.74, 6) is -0.382. The first kappa shape index (κ1) is 13.7. The minimum Gasteiger partial charge on any atom is -0.478 e. The number of carbonyl (C=O) groups is 1. The molecule has 5 heteroatoms. The van der Waals surface area contributed by atoms with Crippen molar-refractivity contribution in [2.24, 2.45) is 5.92 Å². The molecule has 0 radical (unpaired) electrons. The monoisotopic (exact) mass is 263 g/mol. The zero-order valence-electron chi connectivity index (χ0n) is 11.2. The molecular formula is C14H21N3O2. The molecule has 1 fully saturated rings. The fourth-order valence-corrected chi connectivity index (χ4v) is 2.53. The number of benzene rings is 1. The Labute approximate surface area is 113 Å². The minimum atomic E-state index is -0.987. The van der Waals surface area contributed by atoms with Gasteiger partial charge in [-0.25, -0.2) is 4.79 Å². The number of nitrogen functional groups attached to an aromatic ring is 1. The van der Waals surface area contributed by atoms with E-state index in [2.05, 4.69) is 17.1 Å². The second-order valence-electron chi connectivity index (χ2n) is 5.00. The van der Waals surface area contributed by atoms with Crippen molar-refractivity contribution in [1.29, 1.82) is 0 Å². The highest BCUT2D eigenvalue weighted by molar-refractivity contribution is 5.97. The van der Waals surface area contributed by atoms with Crippen LogP contribution < -0.4 is 11.1 Å². The lowest BCUT2D eigenvalue weighted by atomic mass is 10.1. The van der Waals surface area contributed by atoms with E-state index in [-0.39, 0.29) is 5.56 Å². The fraction of sp³-hybridized carbons (Fsp3) is 0.500. The van der Waals surface area contributed by atoms with Gasteiger partial charge in [-0.1, -0.05) is 13.0 Å². The third kappa shape index (κ3) is 3.17. The van der Waals surface area contributed by atoms with Crippen LogP contribution in [0.15, 0.2) is 18.2 Å². The minimum absolute atomic E-state index is 0.159.